The maximum atomic E-state index is 5.55. The van der Waals surface area contributed by atoms with Gasteiger partial charge in [-0.3, -0.25) is 4.90 Å². The van der Waals surface area contributed by atoms with Crippen molar-refractivity contribution in [1.29, 1.82) is 0 Å². The molecule has 0 aromatic carbocycles. The standard InChI is InChI=1S/C12H24N2O2/c1-13-8-12-10-16-7-4-14(12)9-11-2-5-15-6-3-11/h11-13H,2-10H2,1H3. The summed E-state index contributed by atoms with van der Waals surface area (Å²) in [5, 5.41) is 3.26. The summed E-state index contributed by atoms with van der Waals surface area (Å²) in [4.78, 5) is 2.59. The molecule has 2 aliphatic heterocycles. The van der Waals surface area contributed by atoms with Gasteiger partial charge in [-0.1, -0.05) is 0 Å². The van der Waals surface area contributed by atoms with Crippen LogP contribution in [0.5, 0.6) is 0 Å². The lowest BCUT2D eigenvalue weighted by molar-refractivity contribution is -0.0245. The lowest BCUT2D eigenvalue weighted by Gasteiger charge is -2.38. The van der Waals surface area contributed by atoms with Gasteiger partial charge in [0.2, 0.25) is 0 Å². The number of likely N-dealkylation sites (N-methyl/N-ethyl adjacent to an activating group) is 1. The molecule has 1 atom stereocenters. The number of nitrogens with one attached hydrogen (secondary N) is 1. The number of morpholine rings is 1. The summed E-state index contributed by atoms with van der Waals surface area (Å²) >= 11 is 0. The molecule has 0 spiro atoms. The van der Waals surface area contributed by atoms with Crippen molar-refractivity contribution in [3.05, 3.63) is 0 Å². The van der Waals surface area contributed by atoms with Crippen LogP contribution in [0.4, 0.5) is 0 Å². The second kappa shape index (κ2) is 6.55. The Kier molecular flexibility index (Phi) is 5.03. The topological polar surface area (TPSA) is 33.7 Å². The van der Waals surface area contributed by atoms with E-state index in [-0.39, 0.29) is 0 Å². The Morgan fingerprint density at radius 2 is 2.00 bits per heavy atom. The van der Waals surface area contributed by atoms with E-state index in [1.54, 1.807) is 0 Å². The van der Waals surface area contributed by atoms with Crippen molar-refractivity contribution in [2.24, 2.45) is 5.92 Å². The predicted molar refractivity (Wildman–Crippen MR) is 63.6 cm³/mol. The highest BCUT2D eigenvalue weighted by atomic mass is 16.5. The maximum Gasteiger partial charge on any atom is 0.0634 e. The quantitative estimate of drug-likeness (QED) is 0.752. The number of hydrogen-bond acceptors (Lipinski definition) is 4. The lowest BCUT2D eigenvalue weighted by Crippen LogP contribution is -2.51. The molecule has 1 N–H and O–H groups in total. The summed E-state index contributed by atoms with van der Waals surface area (Å²) in [6.45, 7) is 7.01. The predicted octanol–water partition coefficient (Wildman–Crippen LogP) is 0.333. The molecule has 2 saturated heterocycles. The van der Waals surface area contributed by atoms with Crippen LogP contribution >= 0.6 is 0 Å². The highest BCUT2D eigenvalue weighted by molar-refractivity contribution is 4.79. The van der Waals surface area contributed by atoms with Crippen LogP contribution in [0.25, 0.3) is 0 Å². The maximum absolute atomic E-state index is 5.55. The van der Waals surface area contributed by atoms with E-state index in [2.05, 4.69) is 10.2 Å². The average molecular weight is 228 g/mol. The van der Waals surface area contributed by atoms with Crippen molar-refractivity contribution >= 4 is 0 Å². The fraction of sp³-hybridized carbons (Fsp3) is 1.00. The van der Waals surface area contributed by atoms with Crippen molar-refractivity contribution in [1.82, 2.24) is 10.2 Å². The summed E-state index contributed by atoms with van der Waals surface area (Å²) in [7, 11) is 2.02. The zero-order valence-electron chi connectivity index (χ0n) is 10.3. The molecule has 0 bridgehead atoms. The Hall–Kier alpha value is -0.160. The normalized spacial score (nSPS) is 29.4. The second-order valence-electron chi connectivity index (χ2n) is 4.84. The zero-order chi connectivity index (χ0) is 11.2. The van der Waals surface area contributed by atoms with Crippen LogP contribution in [0, 0.1) is 5.92 Å². The van der Waals surface area contributed by atoms with Crippen LogP contribution in [0.1, 0.15) is 12.8 Å². The highest BCUT2D eigenvalue weighted by Crippen LogP contribution is 2.18. The van der Waals surface area contributed by atoms with E-state index >= 15 is 0 Å². The van der Waals surface area contributed by atoms with Crippen molar-refractivity contribution < 1.29 is 9.47 Å². The van der Waals surface area contributed by atoms with E-state index in [9.17, 15) is 0 Å². The second-order valence-corrected chi connectivity index (χ2v) is 4.84. The highest BCUT2D eigenvalue weighted by Gasteiger charge is 2.25. The van der Waals surface area contributed by atoms with E-state index in [1.165, 1.54) is 19.4 Å². The Morgan fingerprint density at radius 3 is 2.75 bits per heavy atom. The number of ether oxygens (including phenoxy) is 2. The van der Waals surface area contributed by atoms with Gasteiger partial charge < -0.3 is 14.8 Å². The molecule has 2 aliphatic rings. The molecule has 94 valence electrons. The molecule has 0 radical (unpaired) electrons. The smallest absolute Gasteiger partial charge is 0.0634 e. The molecule has 0 saturated carbocycles. The number of nitrogens with zero attached hydrogens (tertiary/aromatic N) is 1. The van der Waals surface area contributed by atoms with E-state index in [0.29, 0.717) is 6.04 Å². The molecular formula is C12H24N2O2. The number of rotatable bonds is 4. The van der Waals surface area contributed by atoms with Gasteiger partial charge in [-0.05, 0) is 25.8 Å². The minimum absolute atomic E-state index is 0.557. The van der Waals surface area contributed by atoms with Crippen LogP contribution < -0.4 is 5.32 Å². The summed E-state index contributed by atoms with van der Waals surface area (Å²) < 4.78 is 11.0. The minimum Gasteiger partial charge on any atom is -0.381 e. The van der Waals surface area contributed by atoms with Gasteiger partial charge in [0.05, 0.1) is 13.2 Å². The number of hydrogen-bond donors (Lipinski definition) is 1. The fourth-order valence-electron chi connectivity index (χ4n) is 2.61. The molecule has 16 heavy (non-hydrogen) atoms. The zero-order valence-corrected chi connectivity index (χ0v) is 10.3. The van der Waals surface area contributed by atoms with Crippen molar-refractivity contribution in [2.45, 2.75) is 18.9 Å². The van der Waals surface area contributed by atoms with Crippen LogP contribution in [0.2, 0.25) is 0 Å². The van der Waals surface area contributed by atoms with Gasteiger partial charge in [0.25, 0.3) is 0 Å². The van der Waals surface area contributed by atoms with E-state index in [4.69, 9.17) is 9.47 Å². The summed E-state index contributed by atoms with van der Waals surface area (Å²) in [6, 6.07) is 0.557. The molecule has 4 heteroatoms. The molecular weight excluding hydrogens is 204 g/mol. The van der Waals surface area contributed by atoms with E-state index in [1.807, 2.05) is 7.05 Å². The van der Waals surface area contributed by atoms with Gasteiger partial charge in [0.15, 0.2) is 0 Å². The molecule has 1 unspecified atom stereocenters. The first-order valence-electron chi connectivity index (χ1n) is 6.44. The first-order valence-corrected chi connectivity index (χ1v) is 6.44. The van der Waals surface area contributed by atoms with E-state index in [0.717, 1.165) is 45.4 Å². The third kappa shape index (κ3) is 3.42. The van der Waals surface area contributed by atoms with Gasteiger partial charge in [-0.25, -0.2) is 0 Å². The third-order valence-corrected chi connectivity index (χ3v) is 3.62. The summed E-state index contributed by atoms with van der Waals surface area (Å²) in [5.41, 5.74) is 0. The van der Waals surface area contributed by atoms with Gasteiger partial charge in [0.1, 0.15) is 0 Å². The minimum atomic E-state index is 0.557. The van der Waals surface area contributed by atoms with Crippen LogP contribution in [-0.4, -0.2) is 64.1 Å². The van der Waals surface area contributed by atoms with Crippen molar-refractivity contribution in [3.63, 3.8) is 0 Å². The first-order chi connectivity index (χ1) is 7.90. The summed E-state index contributed by atoms with van der Waals surface area (Å²) in [6.07, 6.45) is 2.45. The van der Waals surface area contributed by atoms with Crippen molar-refractivity contribution in [3.8, 4) is 0 Å². The Balaban J connectivity index is 1.80. The fourth-order valence-corrected chi connectivity index (χ4v) is 2.61. The van der Waals surface area contributed by atoms with Gasteiger partial charge >= 0.3 is 0 Å². The molecule has 0 aromatic rings. The summed E-state index contributed by atoms with van der Waals surface area (Å²) in [5.74, 6) is 0.825. The van der Waals surface area contributed by atoms with Crippen LogP contribution in [-0.2, 0) is 9.47 Å². The Labute approximate surface area is 98.3 Å². The first kappa shape index (κ1) is 12.3. The van der Waals surface area contributed by atoms with Crippen LogP contribution in [0.3, 0.4) is 0 Å². The molecule has 2 fully saturated rings. The molecule has 2 rings (SSSR count). The SMILES string of the molecule is CNCC1COCCN1CC1CCOCC1. The Bertz CT molecular complexity index is 193. The largest absolute Gasteiger partial charge is 0.381 e. The van der Waals surface area contributed by atoms with Crippen molar-refractivity contribution in [2.75, 3.05) is 53.1 Å². The van der Waals surface area contributed by atoms with Gasteiger partial charge in [-0.2, -0.15) is 0 Å². The molecule has 4 nitrogen and oxygen atoms in total. The monoisotopic (exact) mass is 228 g/mol. The molecule has 0 aromatic heterocycles. The Morgan fingerprint density at radius 1 is 1.19 bits per heavy atom. The van der Waals surface area contributed by atoms with E-state index < -0.39 is 0 Å². The average Bonchev–Trinajstić information content (AvgIpc) is 2.33. The molecule has 0 aliphatic carbocycles. The molecule has 2 heterocycles. The lowest BCUT2D eigenvalue weighted by atomic mass is 9.98. The van der Waals surface area contributed by atoms with Crippen LogP contribution in [0.15, 0.2) is 0 Å². The molecule has 0 amide bonds. The van der Waals surface area contributed by atoms with Gasteiger partial charge in [-0.15, -0.1) is 0 Å². The third-order valence-electron chi connectivity index (χ3n) is 3.62. The van der Waals surface area contributed by atoms with Gasteiger partial charge in [0, 0.05) is 38.9 Å².